The lowest BCUT2D eigenvalue weighted by Crippen LogP contribution is -1.90. The molecule has 3 rings (SSSR count). The molecule has 0 aliphatic carbocycles. The van der Waals surface area contributed by atoms with Crippen molar-refractivity contribution in [3.63, 3.8) is 0 Å². The first-order valence-electron chi connectivity index (χ1n) is 6.33. The van der Waals surface area contributed by atoms with E-state index >= 15 is 0 Å². The number of aromatic nitrogens is 1. The molecule has 0 radical (unpaired) electrons. The summed E-state index contributed by atoms with van der Waals surface area (Å²) in [5.74, 6) is 0. The van der Waals surface area contributed by atoms with Crippen LogP contribution in [-0.2, 0) is 6.42 Å². The maximum atomic E-state index is 9.40. The van der Waals surface area contributed by atoms with Crippen molar-refractivity contribution in [2.75, 3.05) is 0 Å². The third kappa shape index (κ3) is 2.11. The summed E-state index contributed by atoms with van der Waals surface area (Å²) in [6, 6.07) is 18.7. The monoisotopic (exact) mass is 246 g/mol. The van der Waals surface area contributed by atoms with Crippen LogP contribution in [-0.4, -0.2) is 4.98 Å². The van der Waals surface area contributed by atoms with Gasteiger partial charge in [-0.05, 0) is 24.6 Å². The van der Waals surface area contributed by atoms with E-state index in [1.807, 2.05) is 31.2 Å². The number of hydrogen-bond donors (Lipinski definition) is 1. The highest BCUT2D eigenvalue weighted by molar-refractivity contribution is 5.88. The molecule has 0 atom stereocenters. The molecule has 3 aromatic rings. The summed E-state index contributed by atoms with van der Waals surface area (Å²) in [7, 11) is 0. The van der Waals surface area contributed by atoms with E-state index in [2.05, 4.69) is 35.3 Å². The second kappa shape index (κ2) is 4.62. The molecule has 0 spiro atoms. The molecule has 0 amide bonds. The van der Waals surface area contributed by atoms with Gasteiger partial charge in [-0.2, -0.15) is 5.26 Å². The Kier molecular flexibility index (Phi) is 2.81. The van der Waals surface area contributed by atoms with Crippen molar-refractivity contribution in [2.24, 2.45) is 0 Å². The van der Waals surface area contributed by atoms with Gasteiger partial charge in [0, 0.05) is 23.0 Å². The van der Waals surface area contributed by atoms with Crippen LogP contribution in [0.2, 0.25) is 0 Å². The lowest BCUT2D eigenvalue weighted by molar-refractivity contribution is 1.11. The van der Waals surface area contributed by atoms with Gasteiger partial charge in [0.25, 0.3) is 0 Å². The molecule has 1 aromatic heterocycles. The van der Waals surface area contributed by atoms with E-state index in [4.69, 9.17) is 0 Å². The van der Waals surface area contributed by atoms with Gasteiger partial charge in [-0.1, -0.05) is 42.0 Å². The molecule has 0 unspecified atom stereocenters. The number of nitrogens with one attached hydrogen (secondary N) is 1. The first-order valence-corrected chi connectivity index (χ1v) is 6.33. The maximum absolute atomic E-state index is 9.40. The summed E-state index contributed by atoms with van der Waals surface area (Å²) in [6.07, 6.45) is 0.761. The van der Waals surface area contributed by atoms with Crippen LogP contribution in [0.1, 0.15) is 22.4 Å². The lowest BCUT2D eigenvalue weighted by atomic mass is 10.0. The Morgan fingerprint density at radius 3 is 2.63 bits per heavy atom. The predicted molar refractivity (Wildman–Crippen MR) is 77.0 cm³/mol. The molecule has 0 saturated carbocycles. The third-order valence-corrected chi connectivity index (χ3v) is 3.37. The van der Waals surface area contributed by atoms with E-state index in [0.717, 1.165) is 28.6 Å². The lowest BCUT2D eigenvalue weighted by Gasteiger charge is -1.99. The zero-order valence-electron chi connectivity index (χ0n) is 10.8. The molecule has 92 valence electrons. The standard InChI is InChI=1S/C17H14N2/c1-12-7-8-16-14(9-12)15(11-18)17(19-16)10-13-5-3-2-4-6-13/h2-9,19H,10H2,1H3. The zero-order chi connectivity index (χ0) is 13.2. The highest BCUT2D eigenvalue weighted by atomic mass is 14.7. The minimum absolute atomic E-state index is 0.761. The molecule has 0 aliphatic heterocycles. The van der Waals surface area contributed by atoms with E-state index in [1.54, 1.807) is 0 Å². The van der Waals surface area contributed by atoms with Crippen molar-refractivity contribution in [2.45, 2.75) is 13.3 Å². The molecule has 1 N–H and O–H groups in total. The Balaban J connectivity index is 2.12. The largest absolute Gasteiger partial charge is 0.357 e. The van der Waals surface area contributed by atoms with Gasteiger partial charge in [0.15, 0.2) is 0 Å². The molecular weight excluding hydrogens is 232 g/mol. The van der Waals surface area contributed by atoms with Crippen LogP contribution in [0.5, 0.6) is 0 Å². The minimum Gasteiger partial charge on any atom is -0.357 e. The number of nitrogens with zero attached hydrogens (tertiary/aromatic N) is 1. The van der Waals surface area contributed by atoms with E-state index < -0.39 is 0 Å². The molecule has 19 heavy (non-hydrogen) atoms. The van der Waals surface area contributed by atoms with E-state index in [9.17, 15) is 5.26 Å². The van der Waals surface area contributed by atoms with Gasteiger partial charge in [0.05, 0.1) is 5.56 Å². The van der Waals surface area contributed by atoms with Crippen LogP contribution in [0.3, 0.4) is 0 Å². The molecule has 2 nitrogen and oxygen atoms in total. The van der Waals surface area contributed by atoms with Crippen molar-refractivity contribution >= 4 is 10.9 Å². The first kappa shape index (κ1) is 11.6. The molecule has 2 aromatic carbocycles. The Bertz CT molecular complexity index is 761. The van der Waals surface area contributed by atoms with Gasteiger partial charge < -0.3 is 4.98 Å². The number of aryl methyl sites for hydroxylation is 1. The fourth-order valence-electron chi connectivity index (χ4n) is 2.42. The third-order valence-electron chi connectivity index (χ3n) is 3.37. The van der Waals surface area contributed by atoms with Crippen LogP contribution in [0, 0.1) is 18.3 Å². The molecule has 0 saturated heterocycles. The summed E-state index contributed by atoms with van der Waals surface area (Å²) in [6.45, 7) is 2.05. The SMILES string of the molecule is Cc1ccc2[nH]c(Cc3ccccc3)c(C#N)c2c1. The number of aromatic amines is 1. The molecular formula is C17H14N2. The van der Waals surface area contributed by atoms with Crippen molar-refractivity contribution in [1.82, 2.24) is 4.98 Å². The van der Waals surface area contributed by atoms with Crippen molar-refractivity contribution in [3.8, 4) is 6.07 Å². The van der Waals surface area contributed by atoms with Crippen LogP contribution in [0.25, 0.3) is 10.9 Å². The topological polar surface area (TPSA) is 39.6 Å². The molecule has 1 heterocycles. The minimum atomic E-state index is 0.761. The molecule has 0 aliphatic rings. The van der Waals surface area contributed by atoms with Gasteiger partial charge in [-0.25, -0.2) is 0 Å². The number of rotatable bonds is 2. The number of hydrogen-bond acceptors (Lipinski definition) is 1. The second-order valence-electron chi connectivity index (χ2n) is 4.80. The average molecular weight is 246 g/mol. The van der Waals surface area contributed by atoms with Crippen LogP contribution in [0.15, 0.2) is 48.5 Å². The summed E-state index contributed by atoms with van der Waals surface area (Å²) >= 11 is 0. The quantitative estimate of drug-likeness (QED) is 0.731. The summed E-state index contributed by atoms with van der Waals surface area (Å²) < 4.78 is 0. The first-order chi connectivity index (χ1) is 9.28. The normalized spacial score (nSPS) is 10.5. The molecule has 2 heteroatoms. The van der Waals surface area contributed by atoms with Crippen molar-refractivity contribution < 1.29 is 0 Å². The molecule has 0 bridgehead atoms. The summed E-state index contributed by atoms with van der Waals surface area (Å²) in [5, 5.41) is 10.4. The highest BCUT2D eigenvalue weighted by Gasteiger charge is 2.11. The number of benzene rings is 2. The highest BCUT2D eigenvalue weighted by Crippen LogP contribution is 2.24. The maximum Gasteiger partial charge on any atom is 0.102 e. The zero-order valence-corrected chi connectivity index (χ0v) is 10.8. The fourth-order valence-corrected chi connectivity index (χ4v) is 2.42. The number of nitriles is 1. The smallest absolute Gasteiger partial charge is 0.102 e. The van der Waals surface area contributed by atoms with Gasteiger partial charge in [-0.15, -0.1) is 0 Å². The predicted octanol–water partition coefficient (Wildman–Crippen LogP) is 3.94. The number of fused-ring (bicyclic) bond motifs is 1. The van der Waals surface area contributed by atoms with E-state index in [-0.39, 0.29) is 0 Å². The van der Waals surface area contributed by atoms with Gasteiger partial charge in [0.1, 0.15) is 6.07 Å². The van der Waals surface area contributed by atoms with E-state index in [1.165, 1.54) is 11.1 Å². The number of H-pyrrole nitrogens is 1. The fraction of sp³-hybridized carbons (Fsp3) is 0.118. The van der Waals surface area contributed by atoms with E-state index in [0.29, 0.717) is 0 Å². The van der Waals surface area contributed by atoms with Gasteiger partial charge in [0.2, 0.25) is 0 Å². The summed E-state index contributed by atoms with van der Waals surface area (Å²) in [4.78, 5) is 3.37. The van der Waals surface area contributed by atoms with Crippen LogP contribution >= 0.6 is 0 Å². The van der Waals surface area contributed by atoms with Gasteiger partial charge >= 0.3 is 0 Å². The van der Waals surface area contributed by atoms with Crippen LogP contribution < -0.4 is 0 Å². The Hall–Kier alpha value is -2.53. The van der Waals surface area contributed by atoms with Crippen molar-refractivity contribution in [3.05, 3.63) is 70.9 Å². The van der Waals surface area contributed by atoms with Crippen molar-refractivity contribution in [1.29, 1.82) is 5.26 Å². The van der Waals surface area contributed by atoms with Gasteiger partial charge in [-0.3, -0.25) is 0 Å². The second-order valence-corrected chi connectivity index (χ2v) is 4.80. The Morgan fingerprint density at radius 1 is 1.11 bits per heavy atom. The Labute approximate surface area is 112 Å². The average Bonchev–Trinajstić information content (AvgIpc) is 2.76. The molecule has 0 fully saturated rings. The summed E-state index contributed by atoms with van der Waals surface area (Å²) in [5.41, 5.74) is 5.18. The Morgan fingerprint density at radius 2 is 1.89 bits per heavy atom. The van der Waals surface area contributed by atoms with Crippen LogP contribution in [0.4, 0.5) is 0 Å².